The van der Waals surface area contributed by atoms with E-state index in [0.717, 1.165) is 36.7 Å². The smallest absolute Gasteiger partial charge is 0.178 e. The Kier molecular flexibility index (Phi) is 2.95. The molecule has 1 aliphatic rings. The maximum Gasteiger partial charge on any atom is 0.178 e. The van der Waals surface area contributed by atoms with Crippen LogP contribution in [0.1, 0.15) is 31.7 Å². The van der Waals surface area contributed by atoms with E-state index < -0.39 is 0 Å². The van der Waals surface area contributed by atoms with Gasteiger partial charge in [0.25, 0.3) is 0 Å². The lowest BCUT2D eigenvalue weighted by atomic mass is 9.93. The molecule has 0 unspecified atom stereocenters. The van der Waals surface area contributed by atoms with Gasteiger partial charge in [-0.05, 0) is 56.1 Å². The number of aromatic nitrogens is 2. The van der Waals surface area contributed by atoms with Gasteiger partial charge in [-0.15, -0.1) is 0 Å². The molecule has 3 nitrogen and oxygen atoms in total. The van der Waals surface area contributed by atoms with E-state index in [1.54, 1.807) is 6.07 Å². The molecule has 0 amide bonds. The van der Waals surface area contributed by atoms with Crippen LogP contribution < -0.4 is 0 Å². The van der Waals surface area contributed by atoms with E-state index in [4.69, 9.17) is 12.2 Å². The molecular formula is C13H15FN2OS. The van der Waals surface area contributed by atoms with Crippen LogP contribution in [0, 0.1) is 10.6 Å². The van der Waals surface area contributed by atoms with Gasteiger partial charge in [0.1, 0.15) is 5.82 Å². The second kappa shape index (κ2) is 4.48. The standard InChI is InChI=1S/C13H15FN2OS/c14-8-1-6-12-11(7-8)15-13(18)16(12)9-2-4-10(17)5-3-9/h1,6-7,9-10,17H,2-5H2,(H,15,18). The van der Waals surface area contributed by atoms with Gasteiger partial charge in [-0.1, -0.05) is 0 Å². The summed E-state index contributed by atoms with van der Waals surface area (Å²) in [5, 5.41) is 9.55. The van der Waals surface area contributed by atoms with Crippen LogP contribution in [0.3, 0.4) is 0 Å². The average Bonchev–Trinajstić information content (AvgIpc) is 2.65. The highest BCUT2D eigenvalue weighted by Gasteiger charge is 2.22. The molecule has 3 rings (SSSR count). The van der Waals surface area contributed by atoms with Crippen molar-refractivity contribution in [2.45, 2.75) is 37.8 Å². The summed E-state index contributed by atoms with van der Waals surface area (Å²) >= 11 is 5.33. The molecule has 0 saturated heterocycles. The highest BCUT2D eigenvalue weighted by atomic mass is 32.1. The molecule has 96 valence electrons. The summed E-state index contributed by atoms with van der Waals surface area (Å²) in [6.45, 7) is 0. The van der Waals surface area contributed by atoms with Crippen LogP contribution in [0.15, 0.2) is 18.2 Å². The second-order valence-electron chi connectivity index (χ2n) is 4.92. The monoisotopic (exact) mass is 266 g/mol. The summed E-state index contributed by atoms with van der Waals surface area (Å²) in [6, 6.07) is 5.00. The number of hydrogen-bond donors (Lipinski definition) is 2. The van der Waals surface area contributed by atoms with Crippen LogP contribution in [-0.2, 0) is 0 Å². The zero-order valence-electron chi connectivity index (χ0n) is 9.90. The Hall–Kier alpha value is -1.20. The van der Waals surface area contributed by atoms with Crippen LogP contribution in [0.25, 0.3) is 11.0 Å². The lowest BCUT2D eigenvalue weighted by Gasteiger charge is -2.26. The third kappa shape index (κ3) is 1.97. The predicted octanol–water partition coefficient (Wildman–Crippen LogP) is 3.31. The quantitative estimate of drug-likeness (QED) is 0.777. The Morgan fingerprint density at radius 3 is 2.72 bits per heavy atom. The Balaban J connectivity index is 2.06. The number of hydrogen-bond acceptors (Lipinski definition) is 2. The third-order valence-electron chi connectivity index (χ3n) is 3.71. The molecule has 0 aliphatic heterocycles. The Morgan fingerprint density at radius 2 is 2.00 bits per heavy atom. The van der Waals surface area contributed by atoms with E-state index >= 15 is 0 Å². The van der Waals surface area contributed by atoms with Gasteiger partial charge in [-0.25, -0.2) is 4.39 Å². The molecule has 2 aromatic rings. The number of benzene rings is 1. The molecular weight excluding hydrogens is 251 g/mol. The van der Waals surface area contributed by atoms with E-state index in [1.165, 1.54) is 12.1 Å². The number of nitrogens with zero attached hydrogens (tertiary/aromatic N) is 1. The van der Waals surface area contributed by atoms with Crippen LogP contribution in [0.4, 0.5) is 4.39 Å². The van der Waals surface area contributed by atoms with Gasteiger partial charge in [0.2, 0.25) is 0 Å². The molecule has 0 bridgehead atoms. The molecule has 1 fully saturated rings. The highest BCUT2D eigenvalue weighted by Crippen LogP contribution is 2.31. The Bertz CT molecular complexity index is 625. The summed E-state index contributed by atoms with van der Waals surface area (Å²) in [5.74, 6) is -0.259. The van der Waals surface area contributed by atoms with Gasteiger partial charge >= 0.3 is 0 Å². The molecule has 0 radical (unpaired) electrons. The van der Waals surface area contributed by atoms with Crippen molar-refractivity contribution < 1.29 is 9.50 Å². The van der Waals surface area contributed by atoms with E-state index in [2.05, 4.69) is 9.55 Å². The number of aliphatic hydroxyl groups excluding tert-OH is 1. The first-order valence-corrected chi connectivity index (χ1v) is 6.64. The Labute approximate surface area is 109 Å². The zero-order valence-corrected chi connectivity index (χ0v) is 10.7. The largest absolute Gasteiger partial charge is 0.393 e. The molecule has 5 heteroatoms. The summed E-state index contributed by atoms with van der Waals surface area (Å²) in [4.78, 5) is 3.05. The molecule has 1 aromatic heterocycles. The SMILES string of the molecule is OC1CCC(n2c(=S)[nH]c3cc(F)ccc32)CC1. The first-order chi connectivity index (χ1) is 8.65. The van der Waals surface area contributed by atoms with Gasteiger partial charge in [-0.3, -0.25) is 0 Å². The van der Waals surface area contributed by atoms with Crippen LogP contribution >= 0.6 is 12.2 Å². The van der Waals surface area contributed by atoms with Gasteiger partial charge in [0.15, 0.2) is 4.77 Å². The molecule has 18 heavy (non-hydrogen) atoms. The van der Waals surface area contributed by atoms with Crippen molar-refractivity contribution in [3.63, 3.8) is 0 Å². The van der Waals surface area contributed by atoms with Crippen molar-refractivity contribution in [3.8, 4) is 0 Å². The maximum absolute atomic E-state index is 13.2. The van der Waals surface area contributed by atoms with Crippen molar-refractivity contribution in [1.29, 1.82) is 0 Å². The minimum Gasteiger partial charge on any atom is -0.393 e. The van der Waals surface area contributed by atoms with Crippen LogP contribution in [-0.4, -0.2) is 20.8 Å². The topological polar surface area (TPSA) is 41.0 Å². The van der Waals surface area contributed by atoms with E-state index in [-0.39, 0.29) is 11.9 Å². The highest BCUT2D eigenvalue weighted by molar-refractivity contribution is 7.71. The van der Waals surface area contributed by atoms with Gasteiger partial charge < -0.3 is 14.7 Å². The normalized spacial score (nSPS) is 24.6. The van der Waals surface area contributed by atoms with E-state index in [0.29, 0.717) is 10.8 Å². The van der Waals surface area contributed by atoms with Crippen LogP contribution in [0.2, 0.25) is 0 Å². The fourth-order valence-electron chi connectivity index (χ4n) is 2.78. The van der Waals surface area contributed by atoms with Gasteiger partial charge in [-0.2, -0.15) is 0 Å². The van der Waals surface area contributed by atoms with Crippen molar-refractivity contribution in [2.24, 2.45) is 0 Å². The fourth-order valence-corrected chi connectivity index (χ4v) is 3.14. The molecule has 2 N–H and O–H groups in total. The van der Waals surface area contributed by atoms with Crippen molar-refractivity contribution in [2.75, 3.05) is 0 Å². The molecule has 1 aliphatic carbocycles. The third-order valence-corrected chi connectivity index (χ3v) is 4.01. The van der Waals surface area contributed by atoms with Gasteiger partial charge in [0, 0.05) is 6.04 Å². The molecule has 0 spiro atoms. The maximum atomic E-state index is 13.2. The number of fused-ring (bicyclic) bond motifs is 1. The number of H-pyrrole nitrogens is 1. The fraction of sp³-hybridized carbons (Fsp3) is 0.462. The molecule has 1 heterocycles. The number of imidazole rings is 1. The van der Waals surface area contributed by atoms with E-state index in [9.17, 15) is 9.50 Å². The second-order valence-corrected chi connectivity index (χ2v) is 5.31. The lowest BCUT2D eigenvalue weighted by molar-refractivity contribution is 0.111. The van der Waals surface area contributed by atoms with E-state index in [1.807, 2.05) is 0 Å². The van der Waals surface area contributed by atoms with Crippen molar-refractivity contribution in [1.82, 2.24) is 9.55 Å². The first kappa shape index (κ1) is 11.9. The van der Waals surface area contributed by atoms with Crippen molar-refractivity contribution >= 4 is 23.3 Å². The molecule has 1 aromatic carbocycles. The summed E-state index contributed by atoms with van der Waals surface area (Å²) in [5.41, 5.74) is 1.69. The molecule has 1 saturated carbocycles. The predicted molar refractivity (Wildman–Crippen MR) is 70.6 cm³/mol. The summed E-state index contributed by atoms with van der Waals surface area (Å²) in [6.07, 6.45) is 3.26. The van der Waals surface area contributed by atoms with Crippen molar-refractivity contribution in [3.05, 3.63) is 28.8 Å². The summed E-state index contributed by atoms with van der Waals surface area (Å²) in [7, 11) is 0. The average molecular weight is 266 g/mol. The molecule has 0 atom stereocenters. The summed E-state index contributed by atoms with van der Waals surface area (Å²) < 4.78 is 15.9. The number of aliphatic hydroxyl groups is 1. The number of nitrogens with one attached hydrogen (secondary N) is 1. The minimum atomic E-state index is -0.259. The van der Waals surface area contributed by atoms with Crippen LogP contribution in [0.5, 0.6) is 0 Å². The number of halogens is 1. The number of rotatable bonds is 1. The number of aromatic amines is 1. The van der Waals surface area contributed by atoms with Gasteiger partial charge in [0.05, 0.1) is 17.1 Å². The Morgan fingerprint density at radius 1 is 1.28 bits per heavy atom. The zero-order chi connectivity index (χ0) is 12.7. The lowest BCUT2D eigenvalue weighted by Crippen LogP contribution is -2.21. The first-order valence-electron chi connectivity index (χ1n) is 6.23. The minimum absolute atomic E-state index is 0.182.